The first-order valence-electron chi connectivity index (χ1n) is 9.06. The van der Waals surface area contributed by atoms with Crippen molar-refractivity contribution in [2.24, 2.45) is 5.41 Å². The SMILES string of the molecule is C=CC1(c2ccccc2)C=CC=CC1=C1C(c2ccc(Cl)cc2)C1(C)C. The summed E-state index contributed by atoms with van der Waals surface area (Å²) in [5.74, 6) is 0.411. The molecule has 4 rings (SSSR count). The molecule has 0 nitrogen and oxygen atoms in total. The molecule has 2 unspecified atom stereocenters. The molecular formula is C25H23Cl. The molecule has 2 aromatic rings. The van der Waals surface area contributed by atoms with E-state index in [0.29, 0.717) is 5.92 Å². The molecule has 2 atom stereocenters. The van der Waals surface area contributed by atoms with Crippen LogP contribution in [0, 0.1) is 5.41 Å². The summed E-state index contributed by atoms with van der Waals surface area (Å²) in [5.41, 5.74) is 5.28. The van der Waals surface area contributed by atoms with Crippen LogP contribution in [0.15, 0.2) is 103 Å². The van der Waals surface area contributed by atoms with Gasteiger partial charge in [0.2, 0.25) is 0 Å². The minimum atomic E-state index is -0.274. The number of benzene rings is 2. The summed E-state index contributed by atoms with van der Waals surface area (Å²) in [6.07, 6.45) is 10.9. The van der Waals surface area contributed by atoms with Gasteiger partial charge in [-0.25, -0.2) is 0 Å². The fraction of sp³-hybridized carbons (Fsp3) is 0.200. The van der Waals surface area contributed by atoms with Gasteiger partial charge < -0.3 is 0 Å². The Kier molecular flexibility index (Phi) is 4.04. The lowest BCUT2D eigenvalue weighted by molar-refractivity contribution is 0.638. The van der Waals surface area contributed by atoms with E-state index >= 15 is 0 Å². The van der Waals surface area contributed by atoms with Crippen molar-refractivity contribution in [2.45, 2.75) is 25.2 Å². The molecular weight excluding hydrogens is 336 g/mol. The second kappa shape index (κ2) is 6.14. The monoisotopic (exact) mass is 358 g/mol. The third-order valence-corrected chi connectivity index (χ3v) is 6.12. The zero-order valence-corrected chi connectivity index (χ0v) is 16.0. The molecule has 1 fully saturated rings. The van der Waals surface area contributed by atoms with E-state index in [2.05, 4.69) is 93.3 Å². The van der Waals surface area contributed by atoms with Crippen molar-refractivity contribution in [3.05, 3.63) is 119 Å². The number of hydrogen-bond acceptors (Lipinski definition) is 0. The quantitative estimate of drug-likeness (QED) is 0.517. The first-order chi connectivity index (χ1) is 12.5. The van der Waals surface area contributed by atoms with Gasteiger partial charge in [0, 0.05) is 10.9 Å². The highest BCUT2D eigenvalue weighted by atomic mass is 35.5. The minimum absolute atomic E-state index is 0.127. The van der Waals surface area contributed by atoms with E-state index in [1.807, 2.05) is 12.1 Å². The largest absolute Gasteiger partial charge is 0.102 e. The zero-order chi connectivity index (χ0) is 18.4. The molecule has 0 radical (unpaired) electrons. The minimum Gasteiger partial charge on any atom is -0.102 e. The molecule has 0 heterocycles. The van der Waals surface area contributed by atoms with Crippen LogP contribution >= 0.6 is 11.6 Å². The van der Waals surface area contributed by atoms with Crippen molar-refractivity contribution in [3.8, 4) is 0 Å². The maximum absolute atomic E-state index is 6.10. The van der Waals surface area contributed by atoms with Gasteiger partial charge in [-0.2, -0.15) is 0 Å². The molecule has 0 N–H and O–H groups in total. The van der Waals surface area contributed by atoms with Gasteiger partial charge in [-0.3, -0.25) is 0 Å². The standard InChI is InChI=1S/C25H23Cl/c1-4-25(19-10-6-5-7-11-19)17-9-8-12-21(25)23-22(24(23,2)3)18-13-15-20(26)16-14-18/h4-17,22H,1H2,2-3H3. The summed E-state index contributed by atoms with van der Waals surface area (Å²) < 4.78 is 0. The van der Waals surface area contributed by atoms with Gasteiger partial charge in [-0.05, 0) is 34.2 Å². The molecule has 0 amide bonds. The number of hydrogen-bond donors (Lipinski definition) is 0. The highest BCUT2D eigenvalue weighted by Gasteiger charge is 2.56. The molecule has 26 heavy (non-hydrogen) atoms. The Morgan fingerprint density at radius 3 is 2.31 bits per heavy atom. The van der Waals surface area contributed by atoms with E-state index in [9.17, 15) is 0 Å². The van der Waals surface area contributed by atoms with E-state index in [1.165, 1.54) is 22.3 Å². The Morgan fingerprint density at radius 1 is 0.962 bits per heavy atom. The van der Waals surface area contributed by atoms with Crippen LogP contribution in [0.2, 0.25) is 5.02 Å². The lowest BCUT2D eigenvalue weighted by Gasteiger charge is -2.32. The Morgan fingerprint density at radius 2 is 1.65 bits per heavy atom. The van der Waals surface area contributed by atoms with Crippen LogP contribution in [-0.2, 0) is 5.41 Å². The molecule has 0 aliphatic heterocycles. The van der Waals surface area contributed by atoms with Crippen molar-refractivity contribution in [3.63, 3.8) is 0 Å². The van der Waals surface area contributed by atoms with Gasteiger partial charge in [0.15, 0.2) is 0 Å². The van der Waals surface area contributed by atoms with Gasteiger partial charge in [0.25, 0.3) is 0 Å². The lowest BCUT2D eigenvalue weighted by atomic mass is 9.71. The van der Waals surface area contributed by atoms with E-state index < -0.39 is 0 Å². The fourth-order valence-electron chi connectivity index (χ4n) is 4.45. The zero-order valence-electron chi connectivity index (χ0n) is 15.2. The molecule has 2 aliphatic carbocycles. The Hall–Kier alpha value is -2.31. The summed E-state index contributed by atoms with van der Waals surface area (Å²) in [4.78, 5) is 0. The lowest BCUT2D eigenvalue weighted by Crippen LogP contribution is -2.24. The Bertz CT molecular complexity index is 926. The fourth-order valence-corrected chi connectivity index (χ4v) is 4.57. The van der Waals surface area contributed by atoms with Gasteiger partial charge in [0.1, 0.15) is 0 Å². The number of halogens is 1. The molecule has 0 saturated heterocycles. The van der Waals surface area contributed by atoms with E-state index in [1.54, 1.807) is 0 Å². The average molecular weight is 359 g/mol. The van der Waals surface area contributed by atoms with Crippen molar-refractivity contribution >= 4 is 11.6 Å². The predicted molar refractivity (Wildman–Crippen MR) is 112 cm³/mol. The van der Waals surface area contributed by atoms with Crippen LogP contribution < -0.4 is 0 Å². The third kappa shape index (κ3) is 2.52. The molecule has 1 heteroatoms. The molecule has 1 saturated carbocycles. The summed E-state index contributed by atoms with van der Waals surface area (Å²) in [6.45, 7) is 8.88. The molecule has 0 bridgehead atoms. The average Bonchev–Trinajstić information content (AvgIpc) is 3.24. The van der Waals surface area contributed by atoms with Crippen LogP contribution in [-0.4, -0.2) is 0 Å². The van der Waals surface area contributed by atoms with Gasteiger partial charge in [-0.1, -0.05) is 104 Å². The molecule has 2 aliphatic rings. The highest BCUT2D eigenvalue weighted by molar-refractivity contribution is 6.30. The predicted octanol–water partition coefficient (Wildman–Crippen LogP) is 7.01. The first kappa shape index (κ1) is 17.1. The Labute approximate surface area is 161 Å². The summed E-state index contributed by atoms with van der Waals surface area (Å²) in [5, 5.41) is 0.784. The number of rotatable bonds is 3. The van der Waals surface area contributed by atoms with Gasteiger partial charge in [0.05, 0.1) is 5.41 Å². The Balaban J connectivity index is 1.89. The van der Waals surface area contributed by atoms with E-state index in [0.717, 1.165) is 5.02 Å². The van der Waals surface area contributed by atoms with Crippen molar-refractivity contribution in [2.75, 3.05) is 0 Å². The summed E-state index contributed by atoms with van der Waals surface area (Å²) in [7, 11) is 0. The van der Waals surface area contributed by atoms with Gasteiger partial charge in [-0.15, -0.1) is 6.58 Å². The van der Waals surface area contributed by atoms with Crippen LogP contribution in [0.25, 0.3) is 0 Å². The second-order valence-electron chi connectivity index (χ2n) is 7.69. The highest BCUT2D eigenvalue weighted by Crippen LogP contribution is 2.67. The van der Waals surface area contributed by atoms with Crippen LogP contribution in [0.3, 0.4) is 0 Å². The molecule has 0 spiro atoms. The van der Waals surface area contributed by atoms with Crippen LogP contribution in [0.5, 0.6) is 0 Å². The van der Waals surface area contributed by atoms with Crippen LogP contribution in [0.4, 0.5) is 0 Å². The normalized spacial score (nSPS) is 28.8. The third-order valence-electron chi connectivity index (χ3n) is 5.87. The summed E-state index contributed by atoms with van der Waals surface area (Å²) >= 11 is 6.10. The second-order valence-corrected chi connectivity index (χ2v) is 8.13. The van der Waals surface area contributed by atoms with E-state index in [-0.39, 0.29) is 10.8 Å². The maximum atomic E-state index is 6.10. The number of allylic oxidation sites excluding steroid dienone is 7. The van der Waals surface area contributed by atoms with Crippen LogP contribution in [0.1, 0.15) is 30.9 Å². The maximum Gasteiger partial charge on any atom is 0.0563 e. The topological polar surface area (TPSA) is 0 Å². The van der Waals surface area contributed by atoms with Crippen molar-refractivity contribution in [1.29, 1.82) is 0 Å². The summed E-state index contributed by atoms with van der Waals surface area (Å²) in [6, 6.07) is 18.9. The first-order valence-corrected chi connectivity index (χ1v) is 9.44. The van der Waals surface area contributed by atoms with Gasteiger partial charge >= 0.3 is 0 Å². The molecule has 0 aromatic heterocycles. The van der Waals surface area contributed by atoms with E-state index in [4.69, 9.17) is 11.6 Å². The smallest absolute Gasteiger partial charge is 0.0563 e. The van der Waals surface area contributed by atoms with Crippen molar-refractivity contribution < 1.29 is 0 Å². The molecule has 130 valence electrons. The van der Waals surface area contributed by atoms with Crippen molar-refractivity contribution in [1.82, 2.24) is 0 Å². The molecule has 2 aromatic carbocycles.